The van der Waals surface area contributed by atoms with Crippen LogP contribution in [0.25, 0.3) is 0 Å². The number of aryl methyl sites for hydroxylation is 2. The van der Waals surface area contributed by atoms with E-state index >= 15 is 0 Å². The van der Waals surface area contributed by atoms with Crippen molar-refractivity contribution in [3.63, 3.8) is 0 Å². The number of hydrogen-bond donors (Lipinski definition) is 2. The van der Waals surface area contributed by atoms with Crippen LogP contribution in [0.3, 0.4) is 0 Å². The van der Waals surface area contributed by atoms with E-state index in [0.717, 1.165) is 55.1 Å². The monoisotopic (exact) mass is 423 g/mol. The third-order valence-electron chi connectivity index (χ3n) is 4.64. The fraction of sp³-hybridized carbons (Fsp3) is 0.450. The van der Waals surface area contributed by atoms with E-state index in [1.54, 1.807) is 6.92 Å². The summed E-state index contributed by atoms with van der Waals surface area (Å²) in [6.45, 7) is 7.34. The summed E-state index contributed by atoms with van der Waals surface area (Å²) in [6, 6.07) is 7.94. The van der Waals surface area contributed by atoms with Gasteiger partial charge in [-0.3, -0.25) is 4.79 Å². The number of carbonyl (C=O) groups excluding carboxylic acids is 1. The van der Waals surface area contributed by atoms with Gasteiger partial charge < -0.3 is 15.5 Å². The molecule has 1 amide bonds. The molecule has 0 aliphatic carbocycles. The highest BCUT2D eigenvalue weighted by Gasteiger charge is 2.24. The van der Waals surface area contributed by atoms with E-state index in [1.807, 2.05) is 25.1 Å². The molecule has 1 aliphatic heterocycles. The number of aromatic nitrogens is 2. The first kappa shape index (κ1) is 22.2. The minimum atomic E-state index is 0. The molecular formula is C20H27Cl2N5O. The summed E-state index contributed by atoms with van der Waals surface area (Å²) in [5, 5.41) is 6.98. The second-order valence-electron chi connectivity index (χ2n) is 7.01. The maximum absolute atomic E-state index is 11.3. The summed E-state index contributed by atoms with van der Waals surface area (Å²) < 4.78 is 0. The Labute approximate surface area is 177 Å². The highest BCUT2D eigenvalue weighted by molar-refractivity contribution is 6.30. The van der Waals surface area contributed by atoms with Gasteiger partial charge in [0.05, 0.1) is 0 Å². The van der Waals surface area contributed by atoms with Gasteiger partial charge in [-0.25, -0.2) is 4.98 Å². The SMILES string of the molecule is CCCc1cc(N2CCC(NC(C)=O)C2)nc(Nc2cc(Cl)ccc2C)n1.Cl. The number of carbonyl (C=O) groups is 1. The van der Waals surface area contributed by atoms with Crippen LogP contribution in [0.2, 0.25) is 5.02 Å². The van der Waals surface area contributed by atoms with Gasteiger partial charge in [-0.15, -0.1) is 12.4 Å². The summed E-state index contributed by atoms with van der Waals surface area (Å²) in [7, 11) is 0. The van der Waals surface area contributed by atoms with E-state index in [2.05, 4.69) is 33.5 Å². The van der Waals surface area contributed by atoms with Crippen LogP contribution >= 0.6 is 24.0 Å². The molecule has 1 aromatic carbocycles. The first-order valence-electron chi connectivity index (χ1n) is 9.37. The van der Waals surface area contributed by atoms with E-state index in [1.165, 1.54) is 0 Å². The van der Waals surface area contributed by atoms with Gasteiger partial charge in [-0.2, -0.15) is 4.98 Å². The maximum Gasteiger partial charge on any atom is 0.229 e. The van der Waals surface area contributed by atoms with Crippen molar-refractivity contribution >= 4 is 47.4 Å². The first-order valence-corrected chi connectivity index (χ1v) is 9.75. The molecule has 0 saturated carbocycles. The Hall–Kier alpha value is -2.05. The lowest BCUT2D eigenvalue weighted by atomic mass is 10.2. The molecule has 2 heterocycles. The Morgan fingerprint density at radius 3 is 2.82 bits per heavy atom. The molecule has 2 N–H and O–H groups in total. The maximum atomic E-state index is 11.3. The Morgan fingerprint density at radius 2 is 2.11 bits per heavy atom. The number of nitrogens with one attached hydrogen (secondary N) is 2. The third-order valence-corrected chi connectivity index (χ3v) is 4.87. The first-order chi connectivity index (χ1) is 12.9. The standard InChI is InChI=1S/C20H26ClN5O.ClH/c1-4-5-16-11-19(26-9-8-17(12-26)22-14(3)27)25-20(23-16)24-18-10-15(21)7-6-13(18)2;/h6-7,10-11,17H,4-5,8-9,12H2,1-3H3,(H,22,27)(H,23,24,25);1H. The molecule has 1 aliphatic rings. The van der Waals surface area contributed by atoms with Crippen LogP contribution in [0.4, 0.5) is 17.5 Å². The lowest BCUT2D eigenvalue weighted by molar-refractivity contribution is -0.119. The second-order valence-corrected chi connectivity index (χ2v) is 7.44. The molecule has 6 nitrogen and oxygen atoms in total. The zero-order valence-electron chi connectivity index (χ0n) is 16.5. The number of hydrogen-bond acceptors (Lipinski definition) is 5. The van der Waals surface area contributed by atoms with Gasteiger partial charge in [0, 0.05) is 48.5 Å². The molecule has 1 saturated heterocycles. The zero-order chi connectivity index (χ0) is 19.4. The molecule has 1 unspecified atom stereocenters. The van der Waals surface area contributed by atoms with Gasteiger partial charge in [-0.1, -0.05) is 31.0 Å². The molecule has 1 fully saturated rings. The average molecular weight is 424 g/mol. The van der Waals surface area contributed by atoms with E-state index in [0.29, 0.717) is 11.0 Å². The molecule has 0 bridgehead atoms. The number of halogens is 2. The lowest BCUT2D eigenvalue weighted by Gasteiger charge is -2.20. The summed E-state index contributed by atoms with van der Waals surface area (Å²) in [5.74, 6) is 1.47. The van der Waals surface area contributed by atoms with Gasteiger partial charge >= 0.3 is 0 Å². The van der Waals surface area contributed by atoms with Crippen molar-refractivity contribution in [2.24, 2.45) is 0 Å². The van der Waals surface area contributed by atoms with Gasteiger partial charge in [0.1, 0.15) is 5.82 Å². The summed E-state index contributed by atoms with van der Waals surface area (Å²) >= 11 is 6.13. The summed E-state index contributed by atoms with van der Waals surface area (Å²) in [5.41, 5.74) is 2.99. The smallest absolute Gasteiger partial charge is 0.229 e. The number of benzene rings is 1. The normalized spacial score (nSPS) is 15.9. The summed E-state index contributed by atoms with van der Waals surface area (Å²) in [4.78, 5) is 22.9. The van der Waals surface area contributed by atoms with Crippen LogP contribution in [0.5, 0.6) is 0 Å². The highest BCUT2D eigenvalue weighted by atomic mass is 35.5. The van der Waals surface area contributed by atoms with Crippen molar-refractivity contribution in [2.75, 3.05) is 23.3 Å². The van der Waals surface area contributed by atoms with Crippen LogP contribution in [-0.2, 0) is 11.2 Å². The molecule has 1 atom stereocenters. The molecular weight excluding hydrogens is 397 g/mol. The van der Waals surface area contributed by atoms with Crippen molar-refractivity contribution in [2.45, 2.75) is 46.1 Å². The van der Waals surface area contributed by atoms with Gasteiger partial charge in [0.2, 0.25) is 11.9 Å². The molecule has 2 aromatic rings. The minimum Gasteiger partial charge on any atom is -0.354 e. The van der Waals surface area contributed by atoms with E-state index in [4.69, 9.17) is 16.6 Å². The molecule has 28 heavy (non-hydrogen) atoms. The number of nitrogens with zero attached hydrogens (tertiary/aromatic N) is 3. The van der Waals surface area contributed by atoms with E-state index in [9.17, 15) is 4.79 Å². The third kappa shape index (κ3) is 5.72. The molecule has 3 rings (SSSR count). The lowest BCUT2D eigenvalue weighted by Crippen LogP contribution is -2.35. The van der Waals surface area contributed by atoms with Crippen LogP contribution in [-0.4, -0.2) is 35.0 Å². The van der Waals surface area contributed by atoms with Gasteiger partial charge in [0.25, 0.3) is 0 Å². The Bertz CT molecular complexity index is 830. The molecule has 0 spiro atoms. The van der Waals surface area contributed by atoms with Crippen LogP contribution < -0.4 is 15.5 Å². The number of rotatable bonds is 6. The van der Waals surface area contributed by atoms with Crippen LogP contribution in [0.15, 0.2) is 24.3 Å². The van der Waals surface area contributed by atoms with Crippen molar-refractivity contribution in [1.82, 2.24) is 15.3 Å². The second kappa shape index (κ2) is 9.94. The Balaban J connectivity index is 0.00000280. The Morgan fingerprint density at radius 1 is 1.32 bits per heavy atom. The fourth-order valence-corrected chi connectivity index (χ4v) is 3.48. The number of anilines is 3. The quantitative estimate of drug-likeness (QED) is 0.725. The average Bonchev–Trinajstić information content (AvgIpc) is 3.06. The van der Waals surface area contributed by atoms with Crippen molar-refractivity contribution in [1.29, 1.82) is 0 Å². The predicted molar refractivity (Wildman–Crippen MR) is 117 cm³/mol. The van der Waals surface area contributed by atoms with Crippen molar-refractivity contribution < 1.29 is 4.79 Å². The predicted octanol–water partition coefficient (Wildman–Crippen LogP) is 4.27. The van der Waals surface area contributed by atoms with E-state index in [-0.39, 0.29) is 24.4 Å². The van der Waals surface area contributed by atoms with Crippen LogP contribution in [0.1, 0.15) is 37.9 Å². The van der Waals surface area contributed by atoms with Gasteiger partial charge in [-0.05, 0) is 37.5 Å². The fourth-order valence-electron chi connectivity index (χ4n) is 3.31. The van der Waals surface area contributed by atoms with Gasteiger partial charge in [0.15, 0.2) is 0 Å². The molecule has 0 radical (unpaired) electrons. The molecule has 152 valence electrons. The highest BCUT2D eigenvalue weighted by Crippen LogP contribution is 2.26. The largest absolute Gasteiger partial charge is 0.354 e. The van der Waals surface area contributed by atoms with Crippen LogP contribution in [0, 0.1) is 6.92 Å². The number of amides is 1. The molecule has 8 heteroatoms. The topological polar surface area (TPSA) is 70.2 Å². The Kier molecular flexibility index (Phi) is 7.89. The van der Waals surface area contributed by atoms with Crippen molar-refractivity contribution in [3.8, 4) is 0 Å². The minimum absolute atomic E-state index is 0. The molecule has 1 aromatic heterocycles. The van der Waals surface area contributed by atoms with E-state index < -0.39 is 0 Å². The summed E-state index contributed by atoms with van der Waals surface area (Å²) in [6.07, 6.45) is 2.82. The van der Waals surface area contributed by atoms with Crippen molar-refractivity contribution in [3.05, 3.63) is 40.5 Å². The zero-order valence-corrected chi connectivity index (χ0v) is 18.0.